The van der Waals surface area contributed by atoms with E-state index in [0.717, 1.165) is 28.3 Å². The number of nitro benzene ring substituents is 1. The number of anilines is 1. The molecule has 0 fully saturated rings. The van der Waals surface area contributed by atoms with E-state index in [0.29, 0.717) is 18.5 Å². The fourth-order valence-electron chi connectivity index (χ4n) is 4.01. The summed E-state index contributed by atoms with van der Waals surface area (Å²) in [5.74, 6) is -1.12. The summed E-state index contributed by atoms with van der Waals surface area (Å²) in [4.78, 5) is 35.8. The summed E-state index contributed by atoms with van der Waals surface area (Å²) < 4.78 is 26.4. The Morgan fingerprint density at radius 2 is 1.80 bits per heavy atom. The van der Waals surface area contributed by atoms with Crippen LogP contribution in [-0.2, 0) is 34.1 Å². The van der Waals surface area contributed by atoms with Crippen LogP contribution in [0.25, 0.3) is 0 Å². The Hall–Kier alpha value is -3.27. The Balaban J connectivity index is 1.82. The molecule has 1 aliphatic heterocycles. The number of sulfonamides is 1. The number of carbonyl (C=O) groups is 2. The van der Waals surface area contributed by atoms with Crippen molar-refractivity contribution in [3.63, 3.8) is 0 Å². The number of non-ortho nitro benzene ring substituents is 1. The highest BCUT2D eigenvalue weighted by molar-refractivity contribution is 7.89. The second-order valence-corrected chi connectivity index (χ2v) is 9.31. The maximum atomic E-state index is 13.2. The van der Waals surface area contributed by atoms with Crippen LogP contribution < -0.4 is 5.32 Å². The monoisotopic (exact) mass is 429 g/mol. The molecule has 0 spiro atoms. The van der Waals surface area contributed by atoms with E-state index in [9.17, 15) is 28.1 Å². The highest BCUT2D eigenvalue weighted by Gasteiger charge is 2.38. The molecule has 2 aromatic carbocycles. The molecule has 0 saturated carbocycles. The summed E-state index contributed by atoms with van der Waals surface area (Å²) in [6.07, 6.45) is 2.86. The minimum Gasteiger partial charge on any atom is -0.322 e. The van der Waals surface area contributed by atoms with Gasteiger partial charge in [-0.15, -0.1) is 0 Å². The van der Waals surface area contributed by atoms with Gasteiger partial charge in [-0.3, -0.25) is 19.7 Å². The molecular formula is C20H19N3O6S. The molecule has 0 unspecified atom stereocenters. The second kappa shape index (κ2) is 7.21. The van der Waals surface area contributed by atoms with E-state index in [1.807, 2.05) is 0 Å². The maximum absolute atomic E-state index is 13.2. The number of hydrogen-bond donors (Lipinski definition) is 1. The van der Waals surface area contributed by atoms with Crippen LogP contribution in [-0.4, -0.2) is 36.5 Å². The summed E-state index contributed by atoms with van der Waals surface area (Å²) in [5.41, 5.74) is 2.26. The van der Waals surface area contributed by atoms with Gasteiger partial charge in [-0.2, -0.15) is 0 Å². The van der Waals surface area contributed by atoms with Gasteiger partial charge in [-0.1, -0.05) is 0 Å². The fraction of sp³-hybridized carbons (Fsp3) is 0.300. The summed E-state index contributed by atoms with van der Waals surface area (Å²) in [6.45, 7) is 0. The van der Waals surface area contributed by atoms with Crippen molar-refractivity contribution in [2.45, 2.75) is 37.0 Å². The molecule has 9 nitrogen and oxygen atoms in total. The van der Waals surface area contributed by atoms with E-state index >= 15 is 0 Å². The number of carbonyl (C=O) groups excluding carboxylic acids is 2. The van der Waals surface area contributed by atoms with Crippen LogP contribution >= 0.6 is 0 Å². The lowest BCUT2D eigenvalue weighted by atomic mass is 9.84. The summed E-state index contributed by atoms with van der Waals surface area (Å²) in [5, 5.41) is 13.5. The zero-order valence-electron chi connectivity index (χ0n) is 16.2. The minimum absolute atomic E-state index is 0.000834. The largest absolute Gasteiger partial charge is 0.322 e. The normalized spacial score (nSPS) is 17.1. The molecule has 0 atom stereocenters. The van der Waals surface area contributed by atoms with Crippen LogP contribution in [0.3, 0.4) is 0 Å². The topological polar surface area (TPSA) is 127 Å². The van der Waals surface area contributed by atoms with Crippen molar-refractivity contribution < 1.29 is 22.9 Å². The Kier molecular flexibility index (Phi) is 4.81. The number of rotatable bonds is 3. The van der Waals surface area contributed by atoms with Crippen molar-refractivity contribution >= 4 is 33.2 Å². The number of nitro groups is 1. The van der Waals surface area contributed by atoms with Gasteiger partial charge in [-0.05, 0) is 60.6 Å². The van der Waals surface area contributed by atoms with Crippen molar-refractivity contribution in [2.75, 3.05) is 12.4 Å². The average molecular weight is 429 g/mol. The molecule has 1 aliphatic carbocycles. The molecular weight excluding hydrogens is 410 g/mol. The molecule has 10 heteroatoms. The highest BCUT2D eigenvalue weighted by Crippen LogP contribution is 2.36. The molecule has 0 bridgehead atoms. The van der Waals surface area contributed by atoms with Crippen molar-refractivity contribution in [1.82, 2.24) is 4.31 Å². The van der Waals surface area contributed by atoms with E-state index in [2.05, 4.69) is 5.32 Å². The quantitative estimate of drug-likeness (QED) is 0.590. The number of benzene rings is 2. The van der Waals surface area contributed by atoms with Crippen LogP contribution in [0.1, 0.15) is 39.9 Å². The van der Waals surface area contributed by atoms with Crippen LogP contribution in [0.15, 0.2) is 35.2 Å². The van der Waals surface area contributed by atoms with Gasteiger partial charge in [-0.25, -0.2) is 12.7 Å². The number of amides is 2. The number of fused-ring (bicyclic) bond motifs is 2. The number of hydrogen-bond acceptors (Lipinski definition) is 6. The van der Waals surface area contributed by atoms with Crippen LogP contribution in [0.4, 0.5) is 11.4 Å². The molecule has 156 valence electrons. The van der Waals surface area contributed by atoms with Gasteiger partial charge >= 0.3 is 0 Å². The molecule has 1 heterocycles. The lowest BCUT2D eigenvalue weighted by Crippen LogP contribution is -2.40. The van der Waals surface area contributed by atoms with Crippen molar-refractivity contribution in [3.8, 4) is 0 Å². The van der Waals surface area contributed by atoms with Gasteiger partial charge in [0.15, 0.2) is 0 Å². The zero-order chi connectivity index (χ0) is 21.6. The van der Waals surface area contributed by atoms with Gasteiger partial charge in [0.05, 0.1) is 16.2 Å². The predicted molar refractivity (Wildman–Crippen MR) is 108 cm³/mol. The van der Waals surface area contributed by atoms with E-state index in [1.54, 1.807) is 6.07 Å². The fourth-order valence-corrected chi connectivity index (χ4v) is 5.41. The number of aryl methyl sites for hydroxylation is 1. The Morgan fingerprint density at radius 3 is 2.47 bits per heavy atom. The standard InChI is InChI=1S/C20H19N3O6S/c1-22-18(24)11-16-17(30(22,28)29)10-12-4-2-3-5-15(12)19(16)20(25)21-13-6-8-14(9-7-13)23(26)27/h6-10H,2-5,11H2,1H3,(H,21,25). The van der Waals surface area contributed by atoms with E-state index in [-0.39, 0.29) is 28.1 Å². The molecule has 30 heavy (non-hydrogen) atoms. The Bertz CT molecular complexity index is 1190. The number of likely N-dealkylation sites (N-methyl/N-ethyl adjacent to an activating group) is 1. The van der Waals surface area contributed by atoms with Crippen molar-refractivity contribution in [3.05, 3.63) is 62.7 Å². The number of nitrogens with zero attached hydrogens (tertiary/aromatic N) is 2. The summed E-state index contributed by atoms with van der Waals surface area (Å²) in [6, 6.07) is 6.97. The van der Waals surface area contributed by atoms with Crippen molar-refractivity contribution in [2.24, 2.45) is 0 Å². The van der Waals surface area contributed by atoms with E-state index in [1.165, 1.54) is 31.3 Å². The molecule has 2 amide bonds. The molecule has 0 radical (unpaired) electrons. The number of nitrogens with one attached hydrogen (secondary N) is 1. The van der Waals surface area contributed by atoms with Gasteiger partial charge < -0.3 is 5.32 Å². The average Bonchev–Trinajstić information content (AvgIpc) is 2.71. The molecule has 4 rings (SSSR count). The zero-order valence-corrected chi connectivity index (χ0v) is 17.0. The first kappa shape index (κ1) is 20.0. The maximum Gasteiger partial charge on any atom is 0.269 e. The predicted octanol–water partition coefficient (Wildman–Crippen LogP) is 2.43. The van der Waals surface area contributed by atoms with Crippen LogP contribution in [0, 0.1) is 10.1 Å². The summed E-state index contributed by atoms with van der Waals surface area (Å²) in [7, 11) is -2.80. The third-order valence-corrected chi connectivity index (χ3v) is 7.44. The highest BCUT2D eigenvalue weighted by atomic mass is 32.2. The Morgan fingerprint density at radius 1 is 1.13 bits per heavy atom. The van der Waals surface area contributed by atoms with Crippen molar-refractivity contribution in [1.29, 1.82) is 0 Å². The van der Waals surface area contributed by atoms with Gasteiger partial charge in [0, 0.05) is 30.4 Å². The van der Waals surface area contributed by atoms with Crippen LogP contribution in [0.5, 0.6) is 0 Å². The first-order valence-electron chi connectivity index (χ1n) is 9.45. The molecule has 0 saturated heterocycles. The van der Waals surface area contributed by atoms with Gasteiger partial charge in [0.1, 0.15) is 0 Å². The molecule has 0 aromatic heterocycles. The SMILES string of the molecule is CN1C(=O)Cc2c(cc3c(c2C(=O)Nc2ccc([N+](=O)[O-])cc2)CCCC3)S1(=O)=O. The second-order valence-electron chi connectivity index (χ2n) is 7.37. The lowest BCUT2D eigenvalue weighted by Gasteiger charge is -2.30. The molecule has 2 aliphatic rings. The third-order valence-electron chi connectivity index (χ3n) is 5.60. The van der Waals surface area contributed by atoms with Gasteiger partial charge in [0.2, 0.25) is 5.91 Å². The smallest absolute Gasteiger partial charge is 0.269 e. The first-order chi connectivity index (χ1) is 14.2. The van der Waals surface area contributed by atoms with Crippen LogP contribution in [0.2, 0.25) is 0 Å². The first-order valence-corrected chi connectivity index (χ1v) is 10.9. The molecule has 1 N–H and O–H groups in total. The lowest BCUT2D eigenvalue weighted by molar-refractivity contribution is -0.384. The minimum atomic E-state index is -4.02. The summed E-state index contributed by atoms with van der Waals surface area (Å²) >= 11 is 0. The van der Waals surface area contributed by atoms with E-state index < -0.39 is 26.8 Å². The van der Waals surface area contributed by atoms with E-state index in [4.69, 9.17) is 0 Å². The van der Waals surface area contributed by atoms with Gasteiger partial charge in [0.25, 0.3) is 21.6 Å². The molecule has 2 aromatic rings. The Labute approximate surface area is 172 Å². The third kappa shape index (κ3) is 3.22.